The Morgan fingerprint density at radius 2 is 1.22 bits per heavy atom. The van der Waals surface area contributed by atoms with Gasteiger partial charge in [0.1, 0.15) is 13.2 Å². The summed E-state index contributed by atoms with van der Waals surface area (Å²) in [5.74, 6) is 1.15. The molecule has 0 aliphatic heterocycles. The van der Waals surface area contributed by atoms with E-state index in [9.17, 15) is 0 Å². The van der Waals surface area contributed by atoms with Gasteiger partial charge in [-0.3, -0.25) is 0 Å². The zero-order valence-corrected chi connectivity index (χ0v) is 12.5. The quantitative estimate of drug-likeness (QED) is 0.753. The molecule has 2 aromatic heterocycles. The molecule has 0 N–H and O–H groups in total. The van der Waals surface area contributed by atoms with Gasteiger partial charge >= 0.3 is 0 Å². The van der Waals surface area contributed by atoms with E-state index >= 15 is 0 Å². The van der Waals surface area contributed by atoms with Gasteiger partial charge in [-0.15, -0.1) is 0 Å². The first-order chi connectivity index (χ1) is 8.74. The van der Waals surface area contributed by atoms with Crippen LogP contribution in [0.1, 0.15) is 0 Å². The molecule has 0 atom stereocenters. The Bertz CT molecular complexity index is 441. The maximum atomic E-state index is 5.41. The highest BCUT2D eigenvalue weighted by Crippen LogP contribution is 2.13. The minimum atomic E-state index is 0.423. The average molecular weight is 374 g/mol. The molecule has 0 spiro atoms. The van der Waals surface area contributed by atoms with Gasteiger partial charge in [0.25, 0.3) is 0 Å². The number of rotatable bonds is 5. The van der Waals surface area contributed by atoms with Crippen molar-refractivity contribution in [3.05, 3.63) is 45.6 Å². The molecule has 0 amide bonds. The zero-order chi connectivity index (χ0) is 12.8. The summed E-state index contributed by atoms with van der Waals surface area (Å²) >= 11 is 6.62. The number of nitrogens with zero attached hydrogens (tertiary/aromatic N) is 2. The van der Waals surface area contributed by atoms with E-state index in [1.807, 2.05) is 12.1 Å². The van der Waals surface area contributed by atoms with Gasteiger partial charge < -0.3 is 9.47 Å². The molecular formula is C12H10Br2N2O2. The predicted octanol–water partition coefficient (Wildman–Crippen LogP) is 3.46. The largest absolute Gasteiger partial charge is 0.474 e. The second-order valence-corrected chi connectivity index (χ2v) is 5.16. The van der Waals surface area contributed by atoms with Gasteiger partial charge in [-0.1, -0.05) is 0 Å². The molecule has 2 aromatic rings. The number of halogens is 2. The second kappa shape index (κ2) is 6.70. The summed E-state index contributed by atoms with van der Waals surface area (Å²) in [7, 11) is 0. The Morgan fingerprint density at radius 1 is 0.778 bits per heavy atom. The third kappa shape index (κ3) is 4.27. The highest BCUT2D eigenvalue weighted by Gasteiger charge is 1.97. The van der Waals surface area contributed by atoms with Crippen LogP contribution in [0.15, 0.2) is 45.6 Å². The molecule has 0 radical (unpaired) electrons. The van der Waals surface area contributed by atoms with Crippen LogP contribution in [-0.2, 0) is 0 Å². The lowest BCUT2D eigenvalue weighted by molar-refractivity contribution is 0.207. The van der Waals surface area contributed by atoms with Crippen molar-refractivity contribution in [1.82, 2.24) is 9.97 Å². The van der Waals surface area contributed by atoms with Gasteiger partial charge in [0, 0.05) is 33.5 Å². The third-order valence-corrected chi connectivity index (χ3v) is 2.92. The second-order valence-electron chi connectivity index (χ2n) is 3.33. The van der Waals surface area contributed by atoms with Crippen molar-refractivity contribution in [1.29, 1.82) is 0 Å². The van der Waals surface area contributed by atoms with E-state index in [4.69, 9.17) is 9.47 Å². The van der Waals surface area contributed by atoms with Crippen LogP contribution < -0.4 is 9.47 Å². The Labute approximate surface area is 122 Å². The summed E-state index contributed by atoms with van der Waals surface area (Å²) in [6, 6.07) is 7.34. The van der Waals surface area contributed by atoms with Crippen molar-refractivity contribution in [2.24, 2.45) is 0 Å². The van der Waals surface area contributed by atoms with Crippen LogP contribution >= 0.6 is 31.9 Å². The molecule has 94 valence electrons. The molecule has 0 fully saturated rings. The lowest BCUT2D eigenvalue weighted by Gasteiger charge is -2.06. The van der Waals surface area contributed by atoms with Crippen LogP contribution in [0.5, 0.6) is 11.8 Å². The minimum Gasteiger partial charge on any atom is -0.474 e. The molecule has 0 bridgehead atoms. The molecule has 0 aliphatic carbocycles. The van der Waals surface area contributed by atoms with Crippen molar-refractivity contribution < 1.29 is 9.47 Å². The topological polar surface area (TPSA) is 44.2 Å². The molecule has 0 aliphatic rings. The maximum absolute atomic E-state index is 5.41. The summed E-state index contributed by atoms with van der Waals surface area (Å²) in [5.41, 5.74) is 0. The van der Waals surface area contributed by atoms with E-state index < -0.39 is 0 Å². The van der Waals surface area contributed by atoms with Crippen molar-refractivity contribution in [2.45, 2.75) is 0 Å². The van der Waals surface area contributed by atoms with Gasteiger partial charge in [0.2, 0.25) is 11.8 Å². The Morgan fingerprint density at radius 3 is 1.56 bits per heavy atom. The number of hydrogen-bond donors (Lipinski definition) is 0. The van der Waals surface area contributed by atoms with Crippen molar-refractivity contribution >= 4 is 31.9 Å². The van der Waals surface area contributed by atoms with E-state index in [2.05, 4.69) is 41.8 Å². The van der Waals surface area contributed by atoms with Gasteiger partial charge in [-0.2, -0.15) is 0 Å². The van der Waals surface area contributed by atoms with Gasteiger partial charge in [0.15, 0.2) is 0 Å². The zero-order valence-electron chi connectivity index (χ0n) is 9.35. The number of ether oxygens (including phenoxy) is 2. The SMILES string of the molecule is Brc1ccc(OCCOc2ccc(Br)cn2)nc1. The molecule has 0 aromatic carbocycles. The molecule has 0 saturated heterocycles. The lowest BCUT2D eigenvalue weighted by Crippen LogP contribution is -2.10. The molecule has 18 heavy (non-hydrogen) atoms. The summed E-state index contributed by atoms with van der Waals surface area (Å²) in [4.78, 5) is 8.18. The first-order valence-corrected chi connectivity index (χ1v) is 6.81. The van der Waals surface area contributed by atoms with Crippen LogP contribution in [0.4, 0.5) is 0 Å². The molecular weight excluding hydrogens is 364 g/mol. The average Bonchev–Trinajstić information content (AvgIpc) is 2.39. The van der Waals surface area contributed by atoms with Crippen LogP contribution in [-0.4, -0.2) is 23.2 Å². The third-order valence-electron chi connectivity index (χ3n) is 1.98. The molecule has 4 nitrogen and oxygen atoms in total. The monoisotopic (exact) mass is 372 g/mol. The summed E-state index contributed by atoms with van der Waals surface area (Å²) in [5, 5.41) is 0. The fraction of sp³-hybridized carbons (Fsp3) is 0.167. The van der Waals surface area contributed by atoms with Crippen LogP contribution in [0.3, 0.4) is 0 Å². The van der Waals surface area contributed by atoms with Crippen molar-refractivity contribution in [2.75, 3.05) is 13.2 Å². The van der Waals surface area contributed by atoms with Gasteiger partial charge in [0.05, 0.1) is 0 Å². The normalized spacial score (nSPS) is 10.1. The Balaban J connectivity index is 1.73. The summed E-state index contributed by atoms with van der Waals surface area (Å²) in [6.07, 6.45) is 3.37. The van der Waals surface area contributed by atoms with Gasteiger partial charge in [-0.05, 0) is 44.0 Å². The fourth-order valence-electron chi connectivity index (χ4n) is 1.19. The molecule has 2 heterocycles. The lowest BCUT2D eigenvalue weighted by atomic mass is 10.5. The van der Waals surface area contributed by atoms with Crippen molar-refractivity contribution in [3.8, 4) is 11.8 Å². The Kier molecular flexibility index (Phi) is 4.95. The van der Waals surface area contributed by atoms with E-state index in [1.54, 1.807) is 24.5 Å². The van der Waals surface area contributed by atoms with Crippen molar-refractivity contribution in [3.63, 3.8) is 0 Å². The summed E-state index contributed by atoms with van der Waals surface area (Å²) < 4.78 is 12.7. The molecule has 0 unspecified atom stereocenters. The van der Waals surface area contributed by atoms with Crippen LogP contribution in [0.2, 0.25) is 0 Å². The van der Waals surface area contributed by atoms with Crippen LogP contribution in [0, 0.1) is 0 Å². The highest BCUT2D eigenvalue weighted by atomic mass is 79.9. The molecule has 2 rings (SSSR count). The smallest absolute Gasteiger partial charge is 0.213 e. The first-order valence-electron chi connectivity index (χ1n) is 5.23. The van der Waals surface area contributed by atoms with E-state index in [0.717, 1.165) is 8.95 Å². The number of pyridine rings is 2. The fourth-order valence-corrected chi connectivity index (χ4v) is 1.66. The van der Waals surface area contributed by atoms with Gasteiger partial charge in [-0.25, -0.2) is 9.97 Å². The van der Waals surface area contributed by atoms with E-state index in [-0.39, 0.29) is 0 Å². The molecule has 6 heteroatoms. The first kappa shape index (κ1) is 13.3. The highest BCUT2D eigenvalue weighted by molar-refractivity contribution is 9.10. The van der Waals surface area contributed by atoms with Crippen LogP contribution in [0.25, 0.3) is 0 Å². The standard InChI is InChI=1S/C12H10Br2N2O2/c13-9-1-3-11(15-7-9)17-5-6-18-12-4-2-10(14)8-16-12/h1-4,7-8H,5-6H2. The number of hydrogen-bond acceptors (Lipinski definition) is 4. The predicted molar refractivity (Wildman–Crippen MR) is 74.9 cm³/mol. The summed E-state index contributed by atoms with van der Waals surface area (Å²) in [6.45, 7) is 0.846. The number of aromatic nitrogens is 2. The van der Waals surface area contributed by atoms with E-state index in [0.29, 0.717) is 25.0 Å². The minimum absolute atomic E-state index is 0.423. The molecule has 0 saturated carbocycles. The Hall–Kier alpha value is -1.14. The maximum Gasteiger partial charge on any atom is 0.213 e. The van der Waals surface area contributed by atoms with E-state index in [1.165, 1.54) is 0 Å².